The van der Waals surface area contributed by atoms with Crippen LogP contribution in [-0.4, -0.2) is 11.2 Å². The summed E-state index contributed by atoms with van der Waals surface area (Å²) < 4.78 is 18.3. The zero-order valence-corrected chi connectivity index (χ0v) is 9.97. The van der Waals surface area contributed by atoms with E-state index in [9.17, 15) is 4.39 Å². The molecule has 0 saturated heterocycles. The van der Waals surface area contributed by atoms with E-state index in [2.05, 4.69) is 10.5 Å². The van der Waals surface area contributed by atoms with Gasteiger partial charge in [-0.3, -0.25) is 0 Å². The number of hydrogen-bond acceptors (Lipinski definition) is 3. The van der Waals surface area contributed by atoms with Crippen molar-refractivity contribution in [3.05, 3.63) is 53.7 Å². The van der Waals surface area contributed by atoms with Crippen LogP contribution in [-0.2, 0) is 6.54 Å². The van der Waals surface area contributed by atoms with Crippen LogP contribution in [0.5, 0.6) is 0 Å². The Morgan fingerprint density at radius 2 is 2.11 bits per heavy atom. The molecule has 1 saturated carbocycles. The van der Waals surface area contributed by atoms with E-state index in [-0.39, 0.29) is 5.82 Å². The smallest absolute Gasteiger partial charge is 0.126 e. The molecule has 0 amide bonds. The molecule has 0 bridgehead atoms. The van der Waals surface area contributed by atoms with Crippen molar-refractivity contribution < 1.29 is 8.91 Å². The van der Waals surface area contributed by atoms with Gasteiger partial charge in [0, 0.05) is 18.7 Å². The first-order valence-electron chi connectivity index (χ1n) is 6.20. The van der Waals surface area contributed by atoms with Crippen LogP contribution >= 0.6 is 0 Å². The summed E-state index contributed by atoms with van der Waals surface area (Å²) in [5.74, 6) is 0.262. The molecule has 1 heterocycles. The minimum atomic E-state index is -0.0857. The molecule has 1 fully saturated rings. The van der Waals surface area contributed by atoms with Crippen LogP contribution in [0.15, 0.2) is 41.1 Å². The van der Waals surface area contributed by atoms with E-state index >= 15 is 0 Å². The predicted octanol–water partition coefficient (Wildman–Crippen LogP) is 2.85. The van der Waals surface area contributed by atoms with Gasteiger partial charge in [0.15, 0.2) is 0 Å². The van der Waals surface area contributed by atoms with Crippen LogP contribution in [0.2, 0.25) is 0 Å². The highest BCUT2D eigenvalue weighted by Gasteiger charge is 2.31. The topological polar surface area (TPSA) is 38.1 Å². The average Bonchev–Trinajstić information content (AvgIpc) is 2.82. The Morgan fingerprint density at radius 3 is 2.83 bits per heavy atom. The van der Waals surface area contributed by atoms with Crippen molar-refractivity contribution in [2.24, 2.45) is 0 Å². The van der Waals surface area contributed by atoms with Gasteiger partial charge in [-0.2, -0.15) is 0 Å². The molecule has 1 aliphatic carbocycles. The Bertz CT molecular complexity index is 506. The van der Waals surface area contributed by atoms with Crippen LogP contribution < -0.4 is 5.32 Å². The molecule has 0 spiro atoms. The highest BCUT2D eigenvalue weighted by Crippen LogP contribution is 2.37. The molecule has 1 aromatic carbocycles. The Labute approximate surface area is 105 Å². The normalized spacial score (nSPS) is 22.7. The summed E-state index contributed by atoms with van der Waals surface area (Å²) in [6, 6.07) is 9.34. The average molecular weight is 246 g/mol. The van der Waals surface area contributed by atoms with E-state index < -0.39 is 0 Å². The van der Waals surface area contributed by atoms with E-state index in [4.69, 9.17) is 4.52 Å². The summed E-state index contributed by atoms with van der Waals surface area (Å²) >= 11 is 0. The van der Waals surface area contributed by atoms with Crippen molar-refractivity contribution in [3.63, 3.8) is 0 Å². The molecule has 18 heavy (non-hydrogen) atoms. The first-order valence-corrected chi connectivity index (χ1v) is 6.20. The van der Waals surface area contributed by atoms with Crippen LogP contribution in [0.3, 0.4) is 0 Å². The minimum absolute atomic E-state index is 0.0857. The molecule has 0 radical (unpaired) electrons. The van der Waals surface area contributed by atoms with Crippen LogP contribution in [0.1, 0.15) is 30.0 Å². The Morgan fingerprint density at radius 1 is 1.28 bits per heavy atom. The first-order chi connectivity index (χ1) is 8.83. The molecule has 3 nitrogen and oxygen atoms in total. The second-order valence-corrected chi connectivity index (χ2v) is 4.76. The monoisotopic (exact) mass is 246 g/mol. The molecule has 94 valence electrons. The van der Waals surface area contributed by atoms with E-state index in [0.29, 0.717) is 18.5 Å². The fourth-order valence-corrected chi connectivity index (χ4v) is 2.42. The largest absolute Gasteiger partial charge is 0.364 e. The lowest BCUT2D eigenvalue weighted by atomic mass is 9.75. The number of nitrogens with zero attached hydrogens (tertiary/aromatic N) is 1. The number of rotatable bonds is 4. The number of nitrogens with one attached hydrogen (secondary N) is 1. The molecule has 2 aromatic rings. The summed E-state index contributed by atoms with van der Waals surface area (Å²) in [6.07, 6.45) is 3.54. The van der Waals surface area contributed by atoms with Gasteiger partial charge >= 0.3 is 0 Å². The summed E-state index contributed by atoms with van der Waals surface area (Å²) in [5, 5.41) is 7.24. The molecular formula is C14H15FN2O. The third-order valence-corrected chi connectivity index (χ3v) is 3.55. The van der Waals surface area contributed by atoms with Crippen molar-refractivity contribution in [3.8, 4) is 0 Å². The summed E-state index contributed by atoms with van der Waals surface area (Å²) in [7, 11) is 0. The molecule has 3 rings (SSSR count). The molecule has 1 aromatic heterocycles. The maximum atomic E-state index is 13.6. The second-order valence-electron chi connectivity index (χ2n) is 4.76. The van der Waals surface area contributed by atoms with Gasteiger partial charge in [0.2, 0.25) is 0 Å². The number of hydrogen-bond donors (Lipinski definition) is 1. The van der Waals surface area contributed by atoms with Crippen molar-refractivity contribution in [1.82, 2.24) is 10.5 Å². The molecule has 1 aliphatic rings. The highest BCUT2D eigenvalue weighted by molar-refractivity contribution is 5.24. The molecule has 0 aliphatic heterocycles. The summed E-state index contributed by atoms with van der Waals surface area (Å²) in [5.41, 5.74) is 1.75. The van der Waals surface area contributed by atoms with E-state index in [1.54, 1.807) is 12.3 Å². The SMILES string of the molecule is Fc1ccccc1C1CC(NCc2ccon2)C1. The van der Waals surface area contributed by atoms with E-state index in [1.807, 2.05) is 18.2 Å². The lowest BCUT2D eigenvalue weighted by Crippen LogP contribution is -2.39. The molecular weight excluding hydrogens is 231 g/mol. The summed E-state index contributed by atoms with van der Waals surface area (Å²) in [6.45, 7) is 0.713. The van der Waals surface area contributed by atoms with Crippen molar-refractivity contribution >= 4 is 0 Å². The van der Waals surface area contributed by atoms with E-state index in [0.717, 1.165) is 24.1 Å². The van der Waals surface area contributed by atoms with Gasteiger partial charge in [0.25, 0.3) is 0 Å². The van der Waals surface area contributed by atoms with Gasteiger partial charge in [0.1, 0.15) is 12.1 Å². The highest BCUT2D eigenvalue weighted by atomic mass is 19.1. The zero-order chi connectivity index (χ0) is 12.4. The Hall–Kier alpha value is -1.68. The van der Waals surface area contributed by atoms with Gasteiger partial charge in [-0.25, -0.2) is 4.39 Å². The third-order valence-electron chi connectivity index (χ3n) is 3.55. The maximum absolute atomic E-state index is 13.6. The van der Waals surface area contributed by atoms with Gasteiger partial charge < -0.3 is 9.84 Å². The standard InChI is InChI=1S/C14H15FN2O/c15-14-4-2-1-3-13(14)10-7-12(8-10)16-9-11-5-6-18-17-11/h1-6,10,12,16H,7-9H2. The van der Waals surface area contributed by atoms with E-state index in [1.165, 1.54) is 6.07 Å². The lowest BCUT2D eigenvalue weighted by Gasteiger charge is -2.36. The third kappa shape index (κ3) is 2.29. The van der Waals surface area contributed by atoms with Crippen molar-refractivity contribution in [1.29, 1.82) is 0 Å². The van der Waals surface area contributed by atoms with Gasteiger partial charge in [-0.1, -0.05) is 23.4 Å². The zero-order valence-electron chi connectivity index (χ0n) is 9.97. The first kappa shape index (κ1) is 11.4. The van der Waals surface area contributed by atoms with Gasteiger partial charge in [-0.05, 0) is 30.4 Å². The minimum Gasteiger partial charge on any atom is -0.364 e. The second kappa shape index (κ2) is 4.90. The summed E-state index contributed by atoms with van der Waals surface area (Å²) in [4.78, 5) is 0. The Balaban J connectivity index is 1.50. The van der Waals surface area contributed by atoms with Crippen LogP contribution in [0, 0.1) is 5.82 Å². The molecule has 4 heteroatoms. The maximum Gasteiger partial charge on any atom is 0.126 e. The lowest BCUT2D eigenvalue weighted by molar-refractivity contribution is 0.281. The van der Waals surface area contributed by atoms with Gasteiger partial charge in [-0.15, -0.1) is 0 Å². The van der Waals surface area contributed by atoms with Crippen LogP contribution in [0.4, 0.5) is 4.39 Å². The van der Waals surface area contributed by atoms with Crippen molar-refractivity contribution in [2.45, 2.75) is 31.3 Å². The fourth-order valence-electron chi connectivity index (χ4n) is 2.42. The molecule has 0 unspecified atom stereocenters. The van der Waals surface area contributed by atoms with Gasteiger partial charge in [0.05, 0.1) is 5.69 Å². The Kier molecular flexibility index (Phi) is 3.11. The number of halogens is 1. The quantitative estimate of drug-likeness (QED) is 0.901. The van der Waals surface area contributed by atoms with Crippen LogP contribution in [0.25, 0.3) is 0 Å². The number of aromatic nitrogens is 1. The van der Waals surface area contributed by atoms with Crippen molar-refractivity contribution in [2.75, 3.05) is 0 Å². The molecule has 0 atom stereocenters. The predicted molar refractivity (Wildman–Crippen MR) is 65.5 cm³/mol. The number of benzene rings is 1. The fraction of sp³-hybridized carbons (Fsp3) is 0.357. The molecule has 1 N–H and O–H groups in total.